The summed E-state index contributed by atoms with van der Waals surface area (Å²) in [5, 5.41) is 11.2. The van der Waals surface area contributed by atoms with Crippen molar-refractivity contribution in [1.29, 1.82) is 0 Å². The lowest BCUT2D eigenvalue weighted by molar-refractivity contribution is -0.136. The highest BCUT2D eigenvalue weighted by Gasteiger charge is 2.17. The van der Waals surface area contributed by atoms with E-state index in [0.717, 1.165) is 4.31 Å². The van der Waals surface area contributed by atoms with Gasteiger partial charge in [0.05, 0.1) is 11.3 Å². The van der Waals surface area contributed by atoms with Crippen molar-refractivity contribution in [3.63, 3.8) is 0 Å². The van der Waals surface area contributed by atoms with Crippen LogP contribution in [0.3, 0.4) is 0 Å². The number of aliphatic carboxylic acids is 1. The Kier molecular flexibility index (Phi) is 8.60. The van der Waals surface area contributed by atoms with Gasteiger partial charge in [0.15, 0.2) is 0 Å². The Labute approximate surface area is 149 Å². The number of sulfonamides is 1. The molecule has 0 atom stereocenters. The fraction of sp³-hybridized carbons (Fsp3) is 0.429. The molecule has 0 aliphatic rings. The number of carbonyl (C=O) groups excluding carboxylic acids is 1. The molecule has 10 heteroatoms. The van der Waals surface area contributed by atoms with E-state index in [1.807, 2.05) is 0 Å². The van der Waals surface area contributed by atoms with E-state index in [1.54, 1.807) is 0 Å². The van der Waals surface area contributed by atoms with Crippen molar-refractivity contribution in [3.8, 4) is 0 Å². The predicted molar refractivity (Wildman–Crippen MR) is 96.8 cm³/mol. The summed E-state index contributed by atoms with van der Waals surface area (Å²) in [6.07, 6.45) is 0.117. The van der Waals surface area contributed by atoms with Crippen molar-refractivity contribution in [1.82, 2.24) is 9.62 Å². The summed E-state index contributed by atoms with van der Waals surface area (Å²) in [7, 11) is 2.34. The molecule has 0 unspecified atom stereocenters. The molecule has 0 fully saturated rings. The van der Waals surface area contributed by atoms with Gasteiger partial charge in [0, 0.05) is 37.7 Å². The van der Waals surface area contributed by atoms with Crippen LogP contribution < -0.4 is 5.32 Å². The summed E-state index contributed by atoms with van der Waals surface area (Å²) >= 11 is 0. The van der Waals surface area contributed by atoms with Crippen LogP contribution in [-0.2, 0) is 14.8 Å². The average molecular weight is 393 g/mol. The van der Waals surface area contributed by atoms with Crippen molar-refractivity contribution in [3.05, 3.63) is 29.8 Å². The Balaban J connectivity index is 2.40. The molecule has 0 aliphatic heterocycles. The normalized spacial score (nSPS) is 11.5. The highest BCUT2D eigenvalue weighted by atomic mass is 33.1. The molecule has 0 aliphatic carbocycles. The Bertz CT molecular complexity index is 659. The Morgan fingerprint density at radius 1 is 1.12 bits per heavy atom. The maximum absolute atomic E-state index is 12.0. The molecule has 0 radical (unpaired) electrons. The zero-order valence-electron chi connectivity index (χ0n) is 13.4. The second-order valence-corrected chi connectivity index (χ2v) is 9.71. The van der Waals surface area contributed by atoms with Crippen molar-refractivity contribution in [2.45, 2.75) is 11.3 Å². The first-order valence-corrected chi connectivity index (χ1v) is 10.9. The lowest BCUT2D eigenvalue weighted by atomic mass is 10.2. The number of rotatable bonds is 10. The quantitative estimate of drug-likeness (QED) is 0.459. The van der Waals surface area contributed by atoms with Gasteiger partial charge in [-0.2, -0.15) is 0 Å². The van der Waals surface area contributed by atoms with Crippen LogP contribution in [0.1, 0.15) is 16.8 Å². The molecule has 2 N–H and O–H groups in total. The van der Waals surface area contributed by atoms with E-state index in [2.05, 4.69) is 5.32 Å². The van der Waals surface area contributed by atoms with Crippen LogP contribution in [0.5, 0.6) is 0 Å². The van der Waals surface area contributed by atoms with Crippen molar-refractivity contribution >= 4 is 43.5 Å². The van der Waals surface area contributed by atoms with Gasteiger partial charge in [0.25, 0.3) is 5.91 Å². The van der Waals surface area contributed by atoms with E-state index >= 15 is 0 Å². The lowest BCUT2D eigenvalue weighted by Crippen LogP contribution is -2.26. The molecule has 0 heterocycles. The molecule has 0 bridgehead atoms. The van der Waals surface area contributed by atoms with Gasteiger partial charge < -0.3 is 10.4 Å². The predicted octanol–water partition coefficient (Wildman–Crippen LogP) is 1.52. The van der Waals surface area contributed by atoms with Gasteiger partial charge in [-0.15, -0.1) is 0 Å². The van der Waals surface area contributed by atoms with E-state index in [-0.39, 0.29) is 17.2 Å². The minimum atomic E-state index is -3.50. The van der Waals surface area contributed by atoms with Crippen LogP contribution >= 0.6 is 21.6 Å². The second kappa shape index (κ2) is 9.92. The molecule has 0 saturated carbocycles. The van der Waals surface area contributed by atoms with Gasteiger partial charge in [0.2, 0.25) is 10.0 Å². The third-order valence-electron chi connectivity index (χ3n) is 2.85. The molecular weight excluding hydrogens is 372 g/mol. The first-order chi connectivity index (χ1) is 11.2. The molecule has 24 heavy (non-hydrogen) atoms. The van der Waals surface area contributed by atoms with Crippen molar-refractivity contribution in [2.24, 2.45) is 0 Å². The molecule has 7 nitrogen and oxygen atoms in total. The van der Waals surface area contributed by atoms with Gasteiger partial charge in [-0.25, -0.2) is 12.7 Å². The number of nitrogens with zero attached hydrogens (tertiary/aromatic N) is 1. The van der Waals surface area contributed by atoms with Gasteiger partial charge in [0.1, 0.15) is 0 Å². The molecule has 134 valence electrons. The zero-order valence-corrected chi connectivity index (χ0v) is 15.8. The molecule has 1 rings (SSSR count). The molecule has 0 spiro atoms. The van der Waals surface area contributed by atoms with Gasteiger partial charge in [-0.05, 0) is 24.3 Å². The topological polar surface area (TPSA) is 104 Å². The summed E-state index contributed by atoms with van der Waals surface area (Å²) in [6, 6.07) is 5.75. The molecular formula is C14H20N2O5S3. The summed E-state index contributed by atoms with van der Waals surface area (Å²) in [6.45, 7) is 0.446. The summed E-state index contributed by atoms with van der Waals surface area (Å²) in [4.78, 5) is 22.4. The number of nitrogens with one attached hydrogen (secondary N) is 1. The third-order valence-corrected chi connectivity index (χ3v) is 7.09. The zero-order chi connectivity index (χ0) is 18.2. The minimum absolute atomic E-state index is 0.117. The third kappa shape index (κ3) is 6.71. The van der Waals surface area contributed by atoms with E-state index in [1.165, 1.54) is 59.9 Å². The first kappa shape index (κ1) is 20.8. The SMILES string of the molecule is CN(C)S(=O)(=O)c1ccc(C(=O)NCCSSCCC(=O)O)cc1. The number of carboxylic acids is 1. The van der Waals surface area contributed by atoms with Crippen LogP contribution in [0.25, 0.3) is 0 Å². The Morgan fingerprint density at radius 3 is 2.25 bits per heavy atom. The van der Waals surface area contributed by atoms with Crippen LogP contribution in [0.15, 0.2) is 29.2 Å². The van der Waals surface area contributed by atoms with E-state index in [4.69, 9.17) is 5.11 Å². The van der Waals surface area contributed by atoms with Crippen molar-refractivity contribution < 1.29 is 23.1 Å². The smallest absolute Gasteiger partial charge is 0.304 e. The standard InChI is InChI=1S/C14H20N2O5S3/c1-16(2)24(20,21)12-5-3-11(4-6-12)14(19)15-8-10-23-22-9-7-13(17)18/h3-6H,7-10H2,1-2H3,(H,15,19)(H,17,18). The van der Waals surface area contributed by atoms with Gasteiger partial charge >= 0.3 is 5.97 Å². The number of amides is 1. The van der Waals surface area contributed by atoms with Crippen LogP contribution in [0.2, 0.25) is 0 Å². The molecule has 0 aromatic heterocycles. The average Bonchev–Trinajstić information content (AvgIpc) is 2.53. The summed E-state index contributed by atoms with van der Waals surface area (Å²) in [5.74, 6) is 0.0786. The highest BCUT2D eigenvalue weighted by molar-refractivity contribution is 8.76. The Morgan fingerprint density at radius 2 is 1.71 bits per heavy atom. The van der Waals surface area contributed by atoms with Crippen molar-refractivity contribution in [2.75, 3.05) is 32.1 Å². The maximum atomic E-state index is 12.0. The van der Waals surface area contributed by atoms with Crippen LogP contribution in [0, 0.1) is 0 Å². The second-order valence-electron chi connectivity index (χ2n) is 4.86. The molecule has 1 aromatic rings. The first-order valence-electron chi connectivity index (χ1n) is 7.02. The van der Waals surface area contributed by atoms with Gasteiger partial charge in [-0.3, -0.25) is 9.59 Å². The number of carboxylic acid groups (broad SMARTS) is 1. The summed E-state index contributed by atoms with van der Waals surface area (Å²) < 4.78 is 25.0. The van der Waals surface area contributed by atoms with Gasteiger partial charge in [-0.1, -0.05) is 21.6 Å². The minimum Gasteiger partial charge on any atom is -0.481 e. The highest BCUT2D eigenvalue weighted by Crippen LogP contribution is 2.21. The number of benzene rings is 1. The maximum Gasteiger partial charge on any atom is 0.304 e. The lowest BCUT2D eigenvalue weighted by Gasteiger charge is -2.11. The number of hydrogen-bond acceptors (Lipinski definition) is 6. The number of hydrogen-bond donors (Lipinski definition) is 2. The van der Waals surface area contributed by atoms with E-state index < -0.39 is 16.0 Å². The number of carbonyl (C=O) groups is 2. The molecule has 0 saturated heterocycles. The fourth-order valence-electron chi connectivity index (χ4n) is 1.54. The molecule has 1 aromatic carbocycles. The Hall–Kier alpha value is -1.23. The monoisotopic (exact) mass is 392 g/mol. The van der Waals surface area contributed by atoms with E-state index in [0.29, 0.717) is 23.6 Å². The van der Waals surface area contributed by atoms with Crippen LogP contribution in [-0.4, -0.2) is 61.9 Å². The van der Waals surface area contributed by atoms with E-state index in [9.17, 15) is 18.0 Å². The fourth-order valence-corrected chi connectivity index (χ4v) is 4.33. The molecule has 1 amide bonds. The van der Waals surface area contributed by atoms with Crippen LogP contribution in [0.4, 0.5) is 0 Å². The summed E-state index contributed by atoms with van der Waals surface area (Å²) in [5.41, 5.74) is 0.385. The largest absolute Gasteiger partial charge is 0.481 e.